The van der Waals surface area contributed by atoms with Crippen LogP contribution in [0.2, 0.25) is 0 Å². The second-order valence-corrected chi connectivity index (χ2v) is 3.67. The molecule has 2 aliphatic carbocycles. The van der Waals surface area contributed by atoms with Crippen LogP contribution in [0, 0.1) is 18.3 Å². The van der Waals surface area contributed by atoms with Gasteiger partial charge in [0.05, 0.1) is 0 Å². The molecule has 0 amide bonds. The van der Waals surface area contributed by atoms with Crippen LogP contribution in [-0.4, -0.2) is 0 Å². The summed E-state index contributed by atoms with van der Waals surface area (Å²) in [7, 11) is 0. The fraction of sp³-hybridized carbons (Fsp3) is 0.800. The summed E-state index contributed by atoms with van der Waals surface area (Å²) < 4.78 is 0. The Morgan fingerprint density at radius 1 is 1.20 bits per heavy atom. The van der Waals surface area contributed by atoms with Crippen molar-refractivity contribution in [2.24, 2.45) is 5.92 Å². The molecule has 2 fully saturated rings. The summed E-state index contributed by atoms with van der Waals surface area (Å²) in [6.45, 7) is 0. The molecule has 0 nitrogen and oxygen atoms in total. The highest BCUT2D eigenvalue weighted by molar-refractivity contribution is 5.07. The van der Waals surface area contributed by atoms with Gasteiger partial charge in [-0.3, -0.25) is 0 Å². The lowest BCUT2D eigenvalue weighted by Gasteiger charge is -2.15. The smallest absolute Gasteiger partial charge is 0.0207 e. The molecule has 0 heteroatoms. The van der Waals surface area contributed by atoms with E-state index < -0.39 is 0 Å². The number of hydrogen-bond donors (Lipinski definition) is 0. The molecular formula is C10H16. The van der Waals surface area contributed by atoms with Crippen molar-refractivity contribution in [3.05, 3.63) is 12.3 Å². The minimum absolute atomic E-state index is 1.04. The van der Waals surface area contributed by atoms with Gasteiger partial charge < -0.3 is 0 Å². The maximum Gasteiger partial charge on any atom is -0.0207 e. The zero-order valence-electron chi connectivity index (χ0n) is 6.60. The molecule has 0 bridgehead atoms. The summed E-state index contributed by atoms with van der Waals surface area (Å²) in [4.78, 5) is 0. The Kier molecular flexibility index (Phi) is 1.97. The van der Waals surface area contributed by atoms with E-state index in [1.807, 2.05) is 5.92 Å². The van der Waals surface area contributed by atoms with Crippen molar-refractivity contribution in [1.82, 2.24) is 0 Å². The molecule has 0 unspecified atom stereocenters. The molecule has 10 heavy (non-hydrogen) atoms. The molecule has 0 aromatic carbocycles. The van der Waals surface area contributed by atoms with Gasteiger partial charge in [-0.05, 0) is 50.4 Å². The van der Waals surface area contributed by atoms with E-state index in [1.54, 1.807) is 0 Å². The van der Waals surface area contributed by atoms with Crippen LogP contribution in [0.4, 0.5) is 0 Å². The Morgan fingerprint density at radius 2 is 2.00 bits per heavy atom. The fourth-order valence-corrected chi connectivity index (χ4v) is 2.38. The van der Waals surface area contributed by atoms with Crippen molar-refractivity contribution in [1.29, 1.82) is 0 Å². The van der Waals surface area contributed by atoms with Gasteiger partial charge in [-0.1, -0.05) is 12.8 Å². The second kappa shape index (κ2) is 2.94. The van der Waals surface area contributed by atoms with Gasteiger partial charge in [0, 0.05) is 0 Å². The first-order valence-corrected chi connectivity index (χ1v) is 4.63. The normalized spacial score (nSPS) is 30.0. The van der Waals surface area contributed by atoms with Crippen molar-refractivity contribution in [3.63, 3.8) is 0 Å². The van der Waals surface area contributed by atoms with Gasteiger partial charge in [0.25, 0.3) is 0 Å². The highest BCUT2D eigenvalue weighted by atomic mass is 14.3. The highest BCUT2D eigenvalue weighted by Crippen LogP contribution is 2.41. The molecule has 0 saturated heterocycles. The molecule has 0 aromatic heterocycles. The summed E-state index contributed by atoms with van der Waals surface area (Å²) in [5, 5.41) is 0. The molecule has 0 aromatic rings. The lowest BCUT2D eigenvalue weighted by molar-refractivity contribution is 0.538. The maximum atomic E-state index is 2.45. The van der Waals surface area contributed by atoms with Crippen LogP contribution in [0.15, 0.2) is 0 Å². The average molecular weight is 136 g/mol. The van der Waals surface area contributed by atoms with Crippen LogP contribution < -0.4 is 0 Å². The van der Waals surface area contributed by atoms with Gasteiger partial charge in [0.1, 0.15) is 0 Å². The maximum absolute atomic E-state index is 2.45. The van der Waals surface area contributed by atoms with Gasteiger partial charge in [-0.15, -0.1) is 0 Å². The van der Waals surface area contributed by atoms with Gasteiger partial charge in [0.15, 0.2) is 0 Å². The lowest BCUT2D eigenvalue weighted by Crippen LogP contribution is -2.03. The van der Waals surface area contributed by atoms with E-state index in [0.717, 1.165) is 5.92 Å². The first kappa shape index (κ1) is 6.69. The van der Waals surface area contributed by atoms with Crippen molar-refractivity contribution in [2.75, 3.05) is 0 Å². The summed E-state index contributed by atoms with van der Waals surface area (Å²) in [6.07, 6.45) is 12.6. The Balaban J connectivity index is 1.85. The molecular weight excluding hydrogens is 120 g/mol. The van der Waals surface area contributed by atoms with Gasteiger partial charge in [0.2, 0.25) is 0 Å². The quantitative estimate of drug-likeness (QED) is 0.519. The second-order valence-electron chi connectivity index (χ2n) is 3.67. The minimum atomic E-state index is 1.04. The van der Waals surface area contributed by atoms with Crippen molar-refractivity contribution >= 4 is 0 Å². The molecule has 0 N–H and O–H groups in total. The summed E-state index contributed by atoms with van der Waals surface area (Å²) in [6, 6.07) is 0. The third kappa shape index (κ3) is 1.21. The summed E-state index contributed by atoms with van der Waals surface area (Å²) in [5.41, 5.74) is 0. The number of hydrogen-bond acceptors (Lipinski definition) is 0. The first-order chi connectivity index (χ1) is 4.97. The molecule has 2 aliphatic rings. The van der Waals surface area contributed by atoms with Gasteiger partial charge in [-0.25, -0.2) is 0 Å². The monoisotopic (exact) mass is 136 g/mol. The zero-order valence-corrected chi connectivity index (χ0v) is 6.60. The Morgan fingerprint density at radius 3 is 2.60 bits per heavy atom. The highest BCUT2D eigenvalue weighted by Gasteiger charge is 2.27. The zero-order chi connectivity index (χ0) is 6.81. The standard InChI is InChI=1S/C10H16/c1-2-6-9(5-1)10-7-3-4-8-10/h1,10H,2-8H2. The molecule has 0 aliphatic heterocycles. The largest absolute Gasteiger partial charge is 0.0530 e. The van der Waals surface area contributed by atoms with E-state index in [0.29, 0.717) is 0 Å². The van der Waals surface area contributed by atoms with E-state index in [-0.39, 0.29) is 0 Å². The summed E-state index contributed by atoms with van der Waals surface area (Å²) >= 11 is 0. The molecule has 0 spiro atoms. The van der Waals surface area contributed by atoms with E-state index >= 15 is 0 Å². The lowest BCUT2D eigenvalue weighted by atomic mass is 9.90. The van der Waals surface area contributed by atoms with Crippen LogP contribution in [-0.2, 0) is 0 Å². The molecule has 56 valence electrons. The fourth-order valence-electron chi connectivity index (χ4n) is 2.38. The van der Waals surface area contributed by atoms with Crippen molar-refractivity contribution in [3.8, 4) is 0 Å². The Bertz CT molecular complexity index is 80.6. The van der Waals surface area contributed by atoms with Crippen LogP contribution in [0.25, 0.3) is 0 Å². The number of rotatable bonds is 1. The average Bonchev–Trinajstić information content (AvgIpc) is 2.59. The SMILES string of the molecule is [CH]1CC[C](C2CCCC2)C1. The van der Waals surface area contributed by atoms with E-state index in [1.165, 1.54) is 44.9 Å². The van der Waals surface area contributed by atoms with Crippen molar-refractivity contribution in [2.45, 2.75) is 44.9 Å². The predicted octanol–water partition coefficient (Wildman–Crippen LogP) is 3.14. The van der Waals surface area contributed by atoms with Crippen LogP contribution in [0.3, 0.4) is 0 Å². The molecule has 0 atom stereocenters. The topological polar surface area (TPSA) is 0 Å². The third-order valence-corrected chi connectivity index (χ3v) is 3.01. The van der Waals surface area contributed by atoms with E-state index in [4.69, 9.17) is 0 Å². The third-order valence-electron chi connectivity index (χ3n) is 3.01. The molecule has 2 radical (unpaired) electrons. The van der Waals surface area contributed by atoms with E-state index in [2.05, 4.69) is 6.42 Å². The molecule has 2 rings (SSSR count). The van der Waals surface area contributed by atoms with Gasteiger partial charge in [-0.2, -0.15) is 0 Å². The summed E-state index contributed by atoms with van der Waals surface area (Å²) in [5.74, 6) is 2.91. The Labute approximate surface area is 64.0 Å². The Hall–Kier alpha value is 0. The van der Waals surface area contributed by atoms with Gasteiger partial charge >= 0.3 is 0 Å². The van der Waals surface area contributed by atoms with E-state index in [9.17, 15) is 0 Å². The molecule has 2 saturated carbocycles. The van der Waals surface area contributed by atoms with Crippen molar-refractivity contribution < 1.29 is 0 Å². The first-order valence-electron chi connectivity index (χ1n) is 4.63. The van der Waals surface area contributed by atoms with Crippen LogP contribution >= 0.6 is 0 Å². The van der Waals surface area contributed by atoms with Crippen LogP contribution in [0.1, 0.15) is 44.9 Å². The molecule has 0 heterocycles. The minimum Gasteiger partial charge on any atom is -0.0530 e. The predicted molar refractivity (Wildman–Crippen MR) is 43.4 cm³/mol. The van der Waals surface area contributed by atoms with Crippen LogP contribution in [0.5, 0.6) is 0 Å².